The average Bonchev–Trinajstić information content (AvgIpc) is 3.00. The number of aryl methyl sites for hydroxylation is 1. The van der Waals surface area contributed by atoms with Gasteiger partial charge in [0, 0.05) is 24.7 Å². The largest absolute Gasteiger partial charge is 0.449 e. The van der Waals surface area contributed by atoms with Gasteiger partial charge < -0.3 is 9.64 Å². The molecule has 7 nitrogen and oxygen atoms in total. The van der Waals surface area contributed by atoms with E-state index in [1.165, 1.54) is 25.1 Å². The molecule has 0 saturated carbocycles. The van der Waals surface area contributed by atoms with E-state index in [0.29, 0.717) is 18.7 Å². The van der Waals surface area contributed by atoms with E-state index in [0.717, 1.165) is 12.8 Å². The third kappa shape index (κ3) is 3.41. The summed E-state index contributed by atoms with van der Waals surface area (Å²) >= 11 is 0. The summed E-state index contributed by atoms with van der Waals surface area (Å²) in [5.74, 6) is -0.962. The van der Waals surface area contributed by atoms with E-state index in [4.69, 9.17) is 4.74 Å². The second-order valence-electron chi connectivity index (χ2n) is 5.34. The van der Waals surface area contributed by atoms with E-state index in [2.05, 4.69) is 0 Å². The number of rotatable bonds is 4. The van der Waals surface area contributed by atoms with E-state index >= 15 is 0 Å². The molecule has 0 bridgehead atoms. The first kappa shape index (κ1) is 15.9. The van der Waals surface area contributed by atoms with Crippen molar-refractivity contribution in [3.05, 3.63) is 39.4 Å². The molecule has 0 aromatic heterocycles. The Kier molecular flexibility index (Phi) is 4.75. The normalized spacial score (nSPS) is 15.5. The molecule has 7 heteroatoms. The fourth-order valence-corrected chi connectivity index (χ4v) is 2.41. The van der Waals surface area contributed by atoms with Crippen LogP contribution in [-0.2, 0) is 9.53 Å². The van der Waals surface area contributed by atoms with Gasteiger partial charge in [-0.3, -0.25) is 14.9 Å². The van der Waals surface area contributed by atoms with Gasteiger partial charge in [-0.15, -0.1) is 0 Å². The van der Waals surface area contributed by atoms with Gasteiger partial charge in [0.05, 0.1) is 10.5 Å². The molecule has 1 unspecified atom stereocenters. The number of hydrogen-bond donors (Lipinski definition) is 0. The molecule has 22 heavy (non-hydrogen) atoms. The van der Waals surface area contributed by atoms with E-state index in [9.17, 15) is 19.7 Å². The molecular formula is C15H18N2O5. The van der Waals surface area contributed by atoms with Crippen LogP contribution in [0.2, 0.25) is 0 Å². The molecule has 2 rings (SSSR count). The predicted molar refractivity (Wildman–Crippen MR) is 78.5 cm³/mol. The molecule has 1 aromatic carbocycles. The highest BCUT2D eigenvalue weighted by Crippen LogP contribution is 2.20. The van der Waals surface area contributed by atoms with Crippen LogP contribution < -0.4 is 0 Å². The highest BCUT2D eigenvalue weighted by Gasteiger charge is 2.26. The van der Waals surface area contributed by atoms with Crippen molar-refractivity contribution in [1.29, 1.82) is 0 Å². The van der Waals surface area contributed by atoms with Crippen LogP contribution in [0.3, 0.4) is 0 Å². The molecule has 1 atom stereocenters. The highest BCUT2D eigenvalue weighted by atomic mass is 16.6. The fraction of sp³-hybridized carbons (Fsp3) is 0.467. The minimum atomic E-state index is -0.897. The number of amides is 1. The van der Waals surface area contributed by atoms with Gasteiger partial charge in [-0.25, -0.2) is 4.79 Å². The summed E-state index contributed by atoms with van der Waals surface area (Å²) in [5, 5.41) is 10.9. The van der Waals surface area contributed by atoms with Gasteiger partial charge in [-0.2, -0.15) is 0 Å². The molecule has 0 spiro atoms. The molecule has 1 heterocycles. The summed E-state index contributed by atoms with van der Waals surface area (Å²) in [5.41, 5.74) is 0.383. The van der Waals surface area contributed by atoms with Gasteiger partial charge >= 0.3 is 5.97 Å². The van der Waals surface area contributed by atoms with E-state index in [-0.39, 0.29) is 17.2 Å². The lowest BCUT2D eigenvalue weighted by atomic mass is 10.1. The molecule has 118 valence electrons. The van der Waals surface area contributed by atoms with Crippen molar-refractivity contribution in [3.8, 4) is 0 Å². The molecule has 1 fully saturated rings. The topological polar surface area (TPSA) is 89.8 Å². The Labute approximate surface area is 128 Å². The summed E-state index contributed by atoms with van der Waals surface area (Å²) in [6.07, 6.45) is 1.01. The van der Waals surface area contributed by atoms with E-state index in [1.54, 1.807) is 11.8 Å². The molecule has 1 aliphatic heterocycles. The van der Waals surface area contributed by atoms with Gasteiger partial charge in [0.2, 0.25) is 0 Å². The van der Waals surface area contributed by atoms with Gasteiger partial charge in [0.1, 0.15) is 0 Å². The number of ether oxygens (including phenoxy) is 1. The Bertz CT molecular complexity index is 608. The third-order valence-corrected chi connectivity index (χ3v) is 3.69. The zero-order valence-electron chi connectivity index (χ0n) is 12.6. The van der Waals surface area contributed by atoms with Crippen LogP contribution in [0.5, 0.6) is 0 Å². The zero-order chi connectivity index (χ0) is 16.3. The van der Waals surface area contributed by atoms with Crippen LogP contribution >= 0.6 is 0 Å². The molecule has 1 aliphatic rings. The monoisotopic (exact) mass is 306 g/mol. The minimum Gasteiger partial charge on any atom is -0.449 e. The molecular weight excluding hydrogens is 288 g/mol. The van der Waals surface area contributed by atoms with Crippen molar-refractivity contribution in [2.45, 2.75) is 32.8 Å². The fourth-order valence-electron chi connectivity index (χ4n) is 2.41. The molecule has 0 aliphatic carbocycles. The van der Waals surface area contributed by atoms with Gasteiger partial charge in [0.15, 0.2) is 6.10 Å². The first-order chi connectivity index (χ1) is 10.4. The maximum Gasteiger partial charge on any atom is 0.339 e. The van der Waals surface area contributed by atoms with Crippen molar-refractivity contribution >= 4 is 17.6 Å². The molecule has 0 radical (unpaired) electrons. The molecule has 1 saturated heterocycles. The lowest BCUT2D eigenvalue weighted by molar-refractivity contribution is -0.385. The number of nitro benzene ring substituents is 1. The van der Waals surface area contributed by atoms with Crippen LogP contribution in [-0.4, -0.2) is 40.9 Å². The number of esters is 1. The number of nitro groups is 1. The van der Waals surface area contributed by atoms with Gasteiger partial charge in [-0.05, 0) is 32.8 Å². The Balaban J connectivity index is 2.07. The van der Waals surface area contributed by atoms with Gasteiger partial charge in [-0.1, -0.05) is 6.07 Å². The first-order valence-electron chi connectivity index (χ1n) is 7.15. The third-order valence-electron chi connectivity index (χ3n) is 3.69. The predicted octanol–water partition coefficient (Wildman–Crippen LogP) is 2.07. The minimum absolute atomic E-state index is 0.0679. The van der Waals surface area contributed by atoms with Crippen molar-refractivity contribution < 1.29 is 19.2 Å². The quantitative estimate of drug-likeness (QED) is 0.482. The summed E-state index contributed by atoms with van der Waals surface area (Å²) in [7, 11) is 0. The summed E-state index contributed by atoms with van der Waals surface area (Å²) < 4.78 is 5.13. The van der Waals surface area contributed by atoms with Crippen LogP contribution in [0.1, 0.15) is 35.7 Å². The number of carbonyl (C=O) groups is 2. The van der Waals surface area contributed by atoms with E-state index < -0.39 is 17.0 Å². The molecule has 1 amide bonds. The lowest BCUT2D eigenvalue weighted by Crippen LogP contribution is -2.38. The van der Waals surface area contributed by atoms with E-state index in [1.807, 2.05) is 0 Å². The van der Waals surface area contributed by atoms with Crippen molar-refractivity contribution in [3.63, 3.8) is 0 Å². The number of benzene rings is 1. The summed E-state index contributed by atoms with van der Waals surface area (Å²) in [4.78, 5) is 36.1. The summed E-state index contributed by atoms with van der Waals surface area (Å²) in [6, 6.07) is 4.12. The number of carbonyl (C=O) groups excluding carboxylic acids is 2. The average molecular weight is 306 g/mol. The zero-order valence-corrected chi connectivity index (χ0v) is 12.6. The Hall–Kier alpha value is -2.44. The van der Waals surface area contributed by atoms with Crippen molar-refractivity contribution in [1.82, 2.24) is 4.90 Å². The SMILES string of the molecule is Cc1ccc(C(=O)OC(C)C(=O)N2CCCC2)cc1[N+](=O)[O-]. The van der Waals surface area contributed by atoms with Crippen molar-refractivity contribution in [2.24, 2.45) is 0 Å². The van der Waals surface area contributed by atoms with Crippen LogP contribution in [0.25, 0.3) is 0 Å². The van der Waals surface area contributed by atoms with Crippen LogP contribution in [0, 0.1) is 17.0 Å². The molecule has 1 aromatic rings. The number of likely N-dealkylation sites (tertiary alicyclic amines) is 1. The Morgan fingerprint density at radius 1 is 1.32 bits per heavy atom. The Morgan fingerprint density at radius 3 is 2.55 bits per heavy atom. The Morgan fingerprint density at radius 2 is 1.95 bits per heavy atom. The van der Waals surface area contributed by atoms with Crippen LogP contribution in [0.15, 0.2) is 18.2 Å². The smallest absolute Gasteiger partial charge is 0.339 e. The lowest BCUT2D eigenvalue weighted by Gasteiger charge is -2.20. The number of nitrogens with zero attached hydrogens (tertiary/aromatic N) is 2. The second-order valence-corrected chi connectivity index (χ2v) is 5.34. The van der Waals surface area contributed by atoms with Crippen LogP contribution in [0.4, 0.5) is 5.69 Å². The molecule has 0 N–H and O–H groups in total. The standard InChI is InChI=1S/C15H18N2O5/c1-10-5-6-12(9-13(10)17(20)21)15(19)22-11(2)14(18)16-7-3-4-8-16/h5-6,9,11H,3-4,7-8H2,1-2H3. The maximum atomic E-state index is 12.1. The first-order valence-corrected chi connectivity index (χ1v) is 7.15. The highest BCUT2D eigenvalue weighted by molar-refractivity contribution is 5.93. The van der Waals surface area contributed by atoms with Crippen molar-refractivity contribution in [2.75, 3.05) is 13.1 Å². The second kappa shape index (κ2) is 6.55. The van der Waals surface area contributed by atoms with Gasteiger partial charge in [0.25, 0.3) is 11.6 Å². The number of hydrogen-bond acceptors (Lipinski definition) is 5. The summed E-state index contributed by atoms with van der Waals surface area (Å²) in [6.45, 7) is 4.46. The maximum absolute atomic E-state index is 12.1.